The number of nitrogens with two attached hydrogens (primary N) is 1. The number of rotatable bonds is 3. The summed E-state index contributed by atoms with van der Waals surface area (Å²) < 4.78 is 4.96. The van der Waals surface area contributed by atoms with E-state index in [0.29, 0.717) is 13.2 Å². The van der Waals surface area contributed by atoms with Crippen molar-refractivity contribution >= 4 is 0 Å². The predicted molar refractivity (Wildman–Crippen MR) is 45.7 cm³/mol. The van der Waals surface area contributed by atoms with E-state index in [2.05, 4.69) is 0 Å². The lowest BCUT2D eigenvalue weighted by atomic mass is 9.77. The van der Waals surface area contributed by atoms with Crippen LogP contribution in [0.2, 0.25) is 0 Å². The summed E-state index contributed by atoms with van der Waals surface area (Å²) in [6.45, 7) is 0.863. The van der Waals surface area contributed by atoms with Crippen LogP contribution in [-0.4, -0.2) is 30.0 Å². The van der Waals surface area contributed by atoms with Crippen LogP contribution in [-0.2, 0) is 4.74 Å². The first kappa shape index (κ1) is 8.48. The van der Waals surface area contributed by atoms with Gasteiger partial charge < -0.3 is 15.6 Å². The number of hydrogen-bond acceptors (Lipinski definition) is 3. The van der Waals surface area contributed by atoms with Gasteiger partial charge in [-0.1, -0.05) is 19.3 Å². The Balaban J connectivity index is 1.78. The molecule has 0 aromatic heterocycles. The average molecular weight is 171 g/mol. The van der Waals surface area contributed by atoms with Crippen molar-refractivity contribution in [3.63, 3.8) is 0 Å². The van der Waals surface area contributed by atoms with E-state index in [4.69, 9.17) is 10.5 Å². The molecule has 1 saturated carbocycles. The fraction of sp³-hybridized carbons (Fsp3) is 1.00. The van der Waals surface area contributed by atoms with Gasteiger partial charge in [0.25, 0.3) is 0 Å². The third-order valence-corrected chi connectivity index (χ3v) is 3.21. The minimum absolute atomic E-state index is 0.0726. The molecule has 1 saturated heterocycles. The fourth-order valence-corrected chi connectivity index (χ4v) is 1.83. The van der Waals surface area contributed by atoms with Gasteiger partial charge in [0.1, 0.15) is 5.60 Å². The smallest absolute Gasteiger partial charge is 0.126 e. The lowest BCUT2D eigenvalue weighted by molar-refractivity contribution is -0.192. The molecule has 3 N–H and O–H groups in total. The van der Waals surface area contributed by atoms with Gasteiger partial charge in [-0.05, 0) is 12.3 Å². The summed E-state index contributed by atoms with van der Waals surface area (Å²) in [4.78, 5) is 0. The topological polar surface area (TPSA) is 55.5 Å². The third kappa shape index (κ3) is 1.37. The first-order valence-corrected chi connectivity index (χ1v) is 4.76. The SMILES string of the molecule is NC(CC1CCC1)C1(O)COC1. The summed E-state index contributed by atoms with van der Waals surface area (Å²) in [6, 6.07) is -0.0726. The molecule has 0 radical (unpaired) electrons. The van der Waals surface area contributed by atoms with Crippen LogP contribution >= 0.6 is 0 Å². The zero-order valence-corrected chi connectivity index (χ0v) is 7.33. The summed E-state index contributed by atoms with van der Waals surface area (Å²) in [5.41, 5.74) is 5.19. The molecule has 70 valence electrons. The first-order chi connectivity index (χ1) is 5.71. The molecule has 1 aliphatic carbocycles. The van der Waals surface area contributed by atoms with Gasteiger partial charge in [0.15, 0.2) is 0 Å². The quantitative estimate of drug-likeness (QED) is 0.640. The number of ether oxygens (including phenoxy) is 1. The second kappa shape index (κ2) is 2.98. The second-order valence-corrected chi connectivity index (χ2v) is 4.24. The maximum absolute atomic E-state index is 9.80. The molecule has 2 aliphatic rings. The molecule has 2 rings (SSSR count). The van der Waals surface area contributed by atoms with Crippen LogP contribution in [0.4, 0.5) is 0 Å². The molecule has 0 aromatic carbocycles. The molecule has 0 spiro atoms. The number of aliphatic hydroxyl groups is 1. The van der Waals surface area contributed by atoms with Crippen LogP contribution in [0.3, 0.4) is 0 Å². The molecule has 1 heterocycles. The molecule has 3 nitrogen and oxygen atoms in total. The molecule has 0 aromatic rings. The molecule has 2 fully saturated rings. The Morgan fingerprint density at radius 2 is 2.17 bits per heavy atom. The van der Waals surface area contributed by atoms with E-state index in [-0.39, 0.29) is 6.04 Å². The van der Waals surface area contributed by atoms with Crippen molar-refractivity contribution in [2.45, 2.75) is 37.3 Å². The Kier molecular flexibility index (Phi) is 2.10. The van der Waals surface area contributed by atoms with Crippen molar-refractivity contribution < 1.29 is 9.84 Å². The van der Waals surface area contributed by atoms with Gasteiger partial charge in [-0.3, -0.25) is 0 Å². The molecular formula is C9H17NO2. The Morgan fingerprint density at radius 3 is 2.50 bits per heavy atom. The highest BCUT2D eigenvalue weighted by Gasteiger charge is 2.43. The van der Waals surface area contributed by atoms with Gasteiger partial charge in [0.2, 0.25) is 0 Å². The van der Waals surface area contributed by atoms with Crippen LogP contribution in [0.25, 0.3) is 0 Å². The fourth-order valence-electron chi connectivity index (χ4n) is 1.83. The van der Waals surface area contributed by atoms with Crippen molar-refractivity contribution in [1.29, 1.82) is 0 Å². The van der Waals surface area contributed by atoms with E-state index >= 15 is 0 Å². The van der Waals surface area contributed by atoms with Gasteiger partial charge in [-0.25, -0.2) is 0 Å². The minimum atomic E-state index is -0.699. The monoisotopic (exact) mass is 171 g/mol. The zero-order chi connectivity index (χ0) is 8.60. The predicted octanol–water partition coefficient (Wildman–Crippen LogP) is 0.265. The minimum Gasteiger partial charge on any atom is -0.383 e. The Hall–Kier alpha value is -0.120. The molecule has 1 unspecified atom stereocenters. The first-order valence-electron chi connectivity index (χ1n) is 4.76. The third-order valence-electron chi connectivity index (χ3n) is 3.21. The molecule has 3 heteroatoms. The lowest BCUT2D eigenvalue weighted by Gasteiger charge is -2.43. The standard InChI is InChI=1S/C9H17NO2/c10-8(4-7-2-1-3-7)9(11)5-12-6-9/h7-8,11H,1-6,10H2. The van der Waals surface area contributed by atoms with E-state index < -0.39 is 5.60 Å². The van der Waals surface area contributed by atoms with E-state index in [1.165, 1.54) is 19.3 Å². The van der Waals surface area contributed by atoms with Crippen LogP contribution in [0.5, 0.6) is 0 Å². The highest BCUT2D eigenvalue weighted by molar-refractivity contribution is 4.96. The van der Waals surface area contributed by atoms with Crippen LogP contribution in [0, 0.1) is 5.92 Å². The highest BCUT2D eigenvalue weighted by atomic mass is 16.5. The molecule has 12 heavy (non-hydrogen) atoms. The molecule has 0 bridgehead atoms. The normalized spacial score (nSPS) is 30.5. The van der Waals surface area contributed by atoms with Crippen molar-refractivity contribution in [2.24, 2.45) is 11.7 Å². The van der Waals surface area contributed by atoms with Crippen LogP contribution in [0.1, 0.15) is 25.7 Å². The Labute approximate surface area is 72.9 Å². The summed E-state index contributed by atoms with van der Waals surface area (Å²) in [7, 11) is 0. The van der Waals surface area contributed by atoms with E-state index in [0.717, 1.165) is 12.3 Å². The molecule has 0 amide bonds. The Morgan fingerprint density at radius 1 is 1.50 bits per heavy atom. The van der Waals surface area contributed by atoms with Crippen molar-refractivity contribution in [3.8, 4) is 0 Å². The van der Waals surface area contributed by atoms with Gasteiger partial charge >= 0.3 is 0 Å². The van der Waals surface area contributed by atoms with E-state index in [1.807, 2.05) is 0 Å². The van der Waals surface area contributed by atoms with Crippen molar-refractivity contribution in [2.75, 3.05) is 13.2 Å². The summed E-state index contributed by atoms with van der Waals surface area (Å²) in [5, 5.41) is 9.80. The largest absolute Gasteiger partial charge is 0.383 e. The Bertz CT molecular complexity index is 164. The molecule has 1 atom stereocenters. The number of hydrogen-bond donors (Lipinski definition) is 2. The maximum atomic E-state index is 9.80. The van der Waals surface area contributed by atoms with Gasteiger partial charge in [0, 0.05) is 6.04 Å². The van der Waals surface area contributed by atoms with Crippen molar-refractivity contribution in [1.82, 2.24) is 0 Å². The van der Waals surface area contributed by atoms with Gasteiger partial charge in [-0.2, -0.15) is 0 Å². The van der Waals surface area contributed by atoms with Gasteiger partial charge in [-0.15, -0.1) is 0 Å². The average Bonchev–Trinajstić information content (AvgIpc) is 1.91. The molecular weight excluding hydrogens is 154 g/mol. The van der Waals surface area contributed by atoms with Gasteiger partial charge in [0.05, 0.1) is 13.2 Å². The molecule has 1 aliphatic heterocycles. The van der Waals surface area contributed by atoms with Crippen LogP contribution in [0.15, 0.2) is 0 Å². The highest BCUT2D eigenvalue weighted by Crippen LogP contribution is 2.33. The van der Waals surface area contributed by atoms with Crippen LogP contribution < -0.4 is 5.73 Å². The lowest BCUT2D eigenvalue weighted by Crippen LogP contribution is -2.62. The summed E-state index contributed by atoms with van der Waals surface area (Å²) >= 11 is 0. The van der Waals surface area contributed by atoms with E-state index in [9.17, 15) is 5.11 Å². The maximum Gasteiger partial charge on any atom is 0.126 e. The summed E-state index contributed by atoms with van der Waals surface area (Å²) in [6.07, 6.45) is 4.90. The van der Waals surface area contributed by atoms with Crippen molar-refractivity contribution in [3.05, 3.63) is 0 Å². The zero-order valence-electron chi connectivity index (χ0n) is 7.33. The van der Waals surface area contributed by atoms with E-state index in [1.54, 1.807) is 0 Å². The second-order valence-electron chi connectivity index (χ2n) is 4.24. The summed E-state index contributed by atoms with van der Waals surface area (Å²) in [5.74, 6) is 0.768.